The molecular formula is C31H32ClF6N6O3+. The smallest absolute Gasteiger partial charge is 0.339 e. The molecule has 3 N–H and O–H groups in total. The van der Waals surface area contributed by atoms with Crippen LogP contribution in [0.15, 0.2) is 48.7 Å². The van der Waals surface area contributed by atoms with Crippen molar-refractivity contribution in [2.24, 2.45) is 5.92 Å². The van der Waals surface area contributed by atoms with E-state index >= 15 is 0 Å². The molecule has 1 aromatic heterocycles. The van der Waals surface area contributed by atoms with Gasteiger partial charge in [0.1, 0.15) is 5.02 Å². The number of quaternary nitrogens is 1. The molecule has 5 rings (SSSR count). The van der Waals surface area contributed by atoms with E-state index in [0.717, 1.165) is 65.9 Å². The van der Waals surface area contributed by atoms with Crippen molar-refractivity contribution < 1.29 is 45.2 Å². The van der Waals surface area contributed by atoms with Gasteiger partial charge in [0, 0.05) is 36.3 Å². The zero-order chi connectivity index (χ0) is 34.6. The maximum absolute atomic E-state index is 13.0. The number of anilines is 5. The van der Waals surface area contributed by atoms with Gasteiger partial charge >= 0.3 is 23.9 Å². The predicted octanol–water partition coefficient (Wildman–Crippen LogP) is 6.78. The molecule has 0 spiro atoms. The number of aryl methyl sites for hydroxylation is 2. The molecule has 6 bridgehead atoms. The molecule has 1 amide bonds. The van der Waals surface area contributed by atoms with Crippen LogP contribution in [0.3, 0.4) is 0 Å². The van der Waals surface area contributed by atoms with Crippen LogP contribution < -0.4 is 16.0 Å². The number of carbonyl (C=O) groups is 3. The fraction of sp³-hybridized carbons (Fsp3) is 0.387. The lowest BCUT2D eigenvalue weighted by Crippen LogP contribution is -2.46. The summed E-state index contributed by atoms with van der Waals surface area (Å²) in [6.45, 7) is 2.26. The lowest BCUT2D eigenvalue weighted by atomic mass is 9.92. The van der Waals surface area contributed by atoms with Crippen molar-refractivity contribution >= 4 is 57.9 Å². The first-order valence-electron chi connectivity index (χ1n) is 14.5. The summed E-state index contributed by atoms with van der Waals surface area (Å²) in [4.78, 5) is 41.1. The van der Waals surface area contributed by atoms with Crippen LogP contribution in [0.25, 0.3) is 0 Å². The van der Waals surface area contributed by atoms with Crippen LogP contribution in [-0.2, 0) is 27.2 Å². The third kappa shape index (κ3) is 10.1. The highest BCUT2D eigenvalue weighted by Gasteiger charge is 2.54. The number of hydrogen-bond acceptors (Lipinski definition) is 7. The highest BCUT2D eigenvalue weighted by molar-refractivity contribution is 6.41. The fourth-order valence-corrected chi connectivity index (χ4v) is 5.25. The number of piperidine rings is 1. The second kappa shape index (κ2) is 14.3. The molecule has 0 saturated carbocycles. The second-order valence-corrected chi connectivity index (χ2v) is 12.4. The van der Waals surface area contributed by atoms with E-state index in [4.69, 9.17) is 11.6 Å². The average Bonchev–Trinajstić information content (AvgIpc) is 2.99. The van der Waals surface area contributed by atoms with Crippen molar-refractivity contribution in [3.63, 3.8) is 0 Å². The van der Waals surface area contributed by atoms with Gasteiger partial charge in [0.25, 0.3) is 0 Å². The van der Waals surface area contributed by atoms with E-state index in [1.54, 1.807) is 6.20 Å². The minimum absolute atomic E-state index is 0.0942. The number of ketones is 2. The molecular weight excluding hydrogens is 654 g/mol. The minimum Gasteiger partial charge on any atom is -0.339 e. The molecule has 3 aromatic rings. The maximum Gasteiger partial charge on any atom is 0.458 e. The summed E-state index contributed by atoms with van der Waals surface area (Å²) in [6.07, 6.45) is -5.54. The molecule has 9 nitrogen and oxygen atoms in total. The van der Waals surface area contributed by atoms with Gasteiger partial charge in [-0.25, -0.2) is 4.98 Å². The van der Waals surface area contributed by atoms with Crippen molar-refractivity contribution in [2.75, 3.05) is 43.1 Å². The van der Waals surface area contributed by atoms with Gasteiger partial charge in [0.15, 0.2) is 5.82 Å². The third-order valence-corrected chi connectivity index (χ3v) is 8.01. The largest absolute Gasteiger partial charge is 0.458 e. The van der Waals surface area contributed by atoms with Crippen LogP contribution in [0.5, 0.6) is 0 Å². The summed E-state index contributed by atoms with van der Waals surface area (Å²) >= 11 is 6.37. The first-order chi connectivity index (χ1) is 21.9. The van der Waals surface area contributed by atoms with Crippen molar-refractivity contribution in [3.05, 3.63) is 64.8 Å². The molecule has 0 aliphatic carbocycles. The SMILES string of the molecule is C[N+]1(C)CCC(CC(=O)Nc2ccc3cc2CCc2cccc(c2)Nc2ncc(Cl)c(n2)N3)CC1.O=C(C(=O)C(F)(F)F)C(F)(F)F. The Morgan fingerprint density at radius 1 is 0.915 bits per heavy atom. The van der Waals surface area contributed by atoms with Crippen LogP contribution in [0.2, 0.25) is 5.02 Å². The number of carbonyl (C=O) groups excluding carboxylic acids is 3. The molecule has 252 valence electrons. The Kier molecular flexibility index (Phi) is 10.8. The molecule has 0 unspecified atom stereocenters. The quantitative estimate of drug-likeness (QED) is 0.158. The number of benzene rings is 2. The molecule has 0 radical (unpaired) electrons. The number of nitrogens with zero attached hydrogens (tertiary/aromatic N) is 3. The summed E-state index contributed by atoms with van der Waals surface area (Å²) in [7, 11) is 4.53. The molecule has 2 aromatic carbocycles. The average molecular weight is 686 g/mol. The number of Topliss-reactive ketones (excluding diaryl/α,β-unsaturated/α-hetero) is 2. The number of aromatic nitrogens is 2. The molecule has 16 heteroatoms. The number of rotatable bonds is 4. The highest BCUT2D eigenvalue weighted by Crippen LogP contribution is 2.30. The summed E-state index contributed by atoms with van der Waals surface area (Å²) in [5.74, 6) is -5.26. The third-order valence-electron chi connectivity index (χ3n) is 7.73. The lowest BCUT2D eigenvalue weighted by Gasteiger charge is -2.37. The van der Waals surface area contributed by atoms with Crippen molar-refractivity contribution in [2.45, 2.75) is 44.5 Å². The summed E-state index contributed by atoms with van der Waals surface area (Å²) in [5, 5.41) is 10.2. The molecule has 3 heterocycles. The van der Waals surface area contributed by atoms with E-state index in [0.29, 0.717) is 29.1 Å². The van der Waals surface area contributed by atoms with Crippen molar-refractivity contribution in [1.29, 1.82) is 0 Å². The Balaban J connectivity index is 0.000000356. The summed E-state index contributed by atoms with van der Waals surface area (Å²) in [6, 6.07) is 14.2. The summed E-state index contributed by atoms with van der Waals surface area (Å²) < 4.78 is 68.0. The molecule has 2 aliphatic heterocycles. The van der Waals surface area contributed by atoms with Gasteiger partial charge in [-0.3, -0.25) is 14.4 Å². The molecule has 1 saturated heterocycles. The van der Waals surface area contributed by atoms with Crippen molar-refractivity contribution in [3.8, 4) is 0 Å². The second-order valence-electron chi connectivity index (χ2n) is 11.9. The van der Waals surface area contributed by atoms with E-state index in [-0.39, 0.29) is 5.91 Å². The van der Waals surface area contributed by atoms with Crippen LogP contribution in [0.4, 0.5) is 55.2 Å². The first kappa shape index (κ1) is 35.6. The highest BCUT2D eigenvalue weighted by atomic mass is 35.5. The van der Waals surface area contributed by atoms with E-state index in [1.165, 1.54) is 5.56 Å². The molecule has 2 aliphatic rings. The number of alkyl halides is 6. The van der Waals surface area contributed by atoms with Gasteiger partial charge < -0.3 is 20.4 Å². The van der Waals surface area contributed by atoms with Gasteiger partial charge in [0.2, 0.25) is 11.9 Å². The lowest BCUT2D eigenvalue weighted by molar-refractivity contribution is -0.896. The van der Waals surface area contributed by atoms with Gasteiger partial charge in [-0.1, -0.05) is 23.7 Å². The van der Waals surface area contributed by atoms with E-state index in [1.807, 2.05) is 24.3 Å². The van der Waals surface area contributed by atoms with Crippen LogP contribution >= 0.6 is 11.6 Å². The Morgan fingerprint density at radius 2 is 1.55 bits per heavy atom. The monoisotopic (exact) mass is 685 g/mol. The molecule has 47 heavy (non-hydrogen) atoms. The Morgan fingerprint density at radius 3 is 2.19 bits per heavy atom. The first-order valence-corrected chi connectivity index (χ1v) is 14.9. The zero-order valence-corrected chi connectivity index (χ0v) is 26.1. The number of nitrogens with one attached hydrogen (secondary N) is 3. The minimum atomic E-state index is -5.77. The number of halogens is 7. The Bertz CT molecular complexity index is 1610. The predicted molar refractivity (Wildman–Crippen MR) is 164 cm³/mol. The summed E-state index contributed by atoms with van der Waals surface area (Å²) in [5.41, 5.74) is 4.92. The molecule has 1 fully saturated rings. The normalized spacial score (nSPS) is 16.0. The van der Waals surface area contributed by atoms with E-state index < -0.39 is 23.9 Å². The van der Waals surface area contributed by atoms with Gasteiger partial charge in [-0.2, -0.15) is 31.3 Å². The number of likely N-dealkylation sites (tertiary alicyclic amines) is 1. The Labute approximate surface area is 271 Å². The number of hydrogen-bond donors (Lipinski definition) is 3. The Hall–Kier alpha value is -4.24. The maximum atomic E-state index is 13.0. The van der Waals surface area contributed by atoms with Crippen LogP contribution in [0, 0.1) is 5.92 Å². The van der Waals surface area contributed by atoms with E-state index in [9.17, 15) is 40.7 Å². The van der Waals surface area contributed by atoms with Gasteiger partial charge in [-0.05, 0) is 60.2 Å². The fourth-order valence-electron chi connectivity index (χ4n) is 5.11. The van der Waals surface area contributed by atoms with E-state index in [2.05, 4.69) is 58.2 Å². The van der Waals surface area contributed by atoms with Crippen LogP contribution in [0.1, 0.15) is 30.4 Å². The van der Waals surface area contributed by atoms with Crippen LogP contribution in [-0.4, -0.2) is 71.5 Å². The number of amides is 1. The van der Waals surface area contributed by atoms with Crippen molar-refractivity contribution in [1.82, 2.24) is 9.97 Å². The topological polar surface area (TPSA) is 113 Å². The van der Waals surface area contributed by atoms with Gasteiger partial charge in [-0.15, -0.1) is 0 Å². The molecule has 0 atom stereocenters. The zero-order valence-electron chi connectivity index (χ0n) is 25.4. The number of fused-ring (bicyclic) bond motifs is 6. The standard InChI is InChI=1S/C27H31ClN6O.C4F6O2/c1-34(2)12-10-19(11-13-34)15-25(35)32-24-9-8-22-16-20(24)7-6-18-4-3-5-21(14-18)31-27-29-17-23(28)26(30-22)33-27;5-3(6,7)1(11)2(12)4(8,9)10/h3-5,8-9,14,16-17,19H,6-7,10-13,15H2,1-2H3,(H2-,29,30,31,32,33,35);/p+1. The van der Waals surface area contributed by atoms with Gasteiger partial charge in [0.05, 0.1) is 33.4 Å².